The molecule has 0 bridgehead atoms. The van der Waals surface area contributed by atoms with Crippen LogP contribution in [0.15, 0.2) is 30.5 Å². The van der Waals surface area contributed by atoms with E-state index in [1.54, 1.807) is 7.11 Å². The maximum absolute atomic E-state index is 5.32. The average molecular weight is 201 g/mol. The molecule has 0 amide bonds. The monoisotopic (exact) mass is 201 g/mol. The van der Waals surface area contributed by atoms with E-state index in [1.165, 1.54) is 5.56 Å². The Morgan fingerprint density at radius 2 is 2.00 bits per heavy atom. The van der Waals surface area contributed by atoms with Crippen LogP contribution in [0, 0.1) is 0 Å². The zero-order valence-electron chi connectivity index (χ0n) is 9.32. The summed E-state index contributed by atoms with van der Waals surface area (Å²) >= 11 is 0. The Labute approximate surface area is 89.9 Å². The van der Waals surface area contributed by atoms with Gasteiger partial charge >= 0.3 is 0 Å². The van der Waals surface area contributed by atoms with Gasteiger partial charge in [0, 0.05) is 11.6 Å². The van der Waals surface area contributed by atoms with Crippen LogP contribution in [0.4, 0.5) is 0 Å². The Hall–Kier alpha value is -1.57. The highest BCUT2D eigenvalue weighted by Crippen LogP contribution is 2.30. The van der Waals surface area contributed by atoms with Crippen LogP contribution in [0.1, 0.15) is 25.3 Å². The second-order valence-corrected chi connectivity index (χ2v) is 3.91. The zero-order chi connectivity index (χ0) is 10.8. The number of nitrogens with zero attached hydrogens (tertiary/aromatic N) is 1. The van der Waals surface area contributed by atoms with Gasteiger partial charge in [0.05, 0.1) is 12.6 Å². The number of methoxy groups -OCH3 is 1. The van der Waals surface area contributed by atoms with Crippen molar-refractivity contribution >= 4 is 10.9 Å². The number of hydrogen-bond donors (Lipinski definition) is 0. The van der Waals surface area contributed by atoms with E-state index in [-0.39, 0.29) is 0 Å². The molecule has 0 N–H and O–H groups in total. The molecule has 1 aromatic heterocycles. The molecule has 0 aliphatic rings. The van der Waals surface area contributed by atoms with Crippen molar-refractivity contribution in [3.63, 3.8) is 0 Å². The van der Waals surface area contributed by atoms with Crippen LogP contribution >= 0.6 is 0 Å². The lowest BCUT2D eigenvalue weighted by Gasteiger charge is -2.11. The maximum atomic E-state index is 5.32. The molecule has 0 fully saturated rings. The van der Waals surface area contributed by atoms with Crippen molar-refractivity contribution in [3.8, 4) is 5.75 Å². The van der Waals surface area contributed by atoms with Gasteiger partial charge in [-0.3, -0.25) is 4.98 Å². The fraction of sp³-hybridized carbons (Fsp3) is 0.308. The Morgan fingerprint density at radius 3 is 2.67 bits per heavy atom. The molecule has 0 radical (unpaired) electrons. The molecule has 0 unspecified atom stereocenters. The lowest BCUT2D eigenvalue weighted by molar-refractivity contribution is 0.419. The van der Waals surface area contributed by atoms with Crippen molar-refractivity contribution in [3.05, 3.63) is 36.0 Å². The quantitative estimate of drug-likeness (QED) is 0.743. The molecule has 0 atom stereocenters. The number of benzene rings is 1. The van der Waals surface area contributed by atoms with Crippen molar-refractivity contribution in [2.24, 2.45) is 0 Å². The Balaban J connectivity index is 2.77. The van der Waals surface area contributed by atoms with Gasteiger partial charge < -0.3 is 4.74 Å². The van der Waals surface area contributed by atoms with Crippen LogP contribution in [0.2, 0.25) is 0 Å². The van der Waals surface area contributed by atoms with Gasteiger partial charge in [-0.15, -0.1) is 0 Å². The lowest BCUT2D eigenvalue weighted by atomic mass is 9.99. The molecule has 2 heteroatoms. The Bertz CT molecular complexity index is 477. The van der Waals surface area contributed by atoms with E-state index in [1.807, 2.05) is 24.4 Å². The van der Waals surface area contributed by atoms with Gasteiger partial charge in [-0.25, -0.2) is 0 Å². The predicted octanol–water partition coefficient (Wildman–Crippen LogP) is 3.37. The topological polar surface area (TPSA) is 22.1 Å². The number of ether oxygens (including phenoxy) is 1. The predicted molar refractivity (Wildman–Crippen MR) is 62.4 cm³/mol. The number of fused-ring (bicyclic) bond motifs is 1. The summed E-state index contributed by atoms with van der Waals surface area (Å²) in [5.41, 5.74) is 2.32. The van der Waals surface area contributed by atoms with Crippen LogP contribution in [0.25, 0.3) is 10.9 Å². The second-order valence-electron chi connectivity index (χ2n) is 3.91. The molecule has 78 valence electrons. The Morgan fingerprint density at radius 1 is 1.20 bits per heavy atom. The summed E-state index contributed by atoms with van der Waals surface area (Å²) in [6.07, 6.45) is 1.83. The van der Waals surface area contributed by atoms with Crippen molar-refractivity contribution in [1.29, 1.82) is 0 Å². The van der Waals surface area contributed by atoms with Crippen LogP contribution < -0.4 is 4.74 Å². The van der Waals surface area contributed by atoms with E-state index in [0.29, 0.717) is 5.92 Å². The standard InChI is InChI=1S/C13H15NO/c1-9(2)10-6-7-12(15-3)11-5-4-8-14-13(10)11/h4-9H,1-3H3. The first-order valence-corrected chi connectivity index (χ1v) is 5.15. The summed E-state index contributed by atoms with van der Waals surface area (Å²) in [6.45, 7) is 4.35. The molecule has 15 heavy (non-hydrogen) atoms. The van der Waals surface area contributed by atoms with E-state index >= 15 is 0 Å². The van der Waals surface area contributed by atoms with Crippen LogP contribution in [0.5, 0.6) is 5.75 Å². The third-order valence-electron chi connectivity index (χ3n) is 2.60. The van der Waals surface area contributed by atoms with Crippen molar-refractivity contribution < 1.29 is 4.74 Å². The molecule has 2 aromatic rings. The second kappa shape index (κ2) is 3.89. The third-order valence-corrected chi connectivity index (χ3v) is 2.60. The van der Waals surface area contributed by atoms with Gasteiger partial charge in [0.15, 0.2) is 0 Å². The molecule has 0 saturated heterocycles. The molecule has 0 aliphatic heterocycles. The smallest absolute Gasteiger partial charge is 0.128 e. The lowest BCUT2D eigenvalue weighted by Crippen LogP contribution is -1.94. The van der Waals surface area contributed by atoms with Gasteiger partial charge in [0.25, 0.3) is 0 Å². The molecule has 0 saturated carbocycles. The Kier molecular flexibility index (Phi) is 2.58. The summed E-state index contributed by atoms with van der Waals surface area (Å²) in [6, 6.07) is 8.10. The first-order valence-electron chi connectivity index (χ1n) is 5.15. The first-order chi connectivity index (χ1) is 7.24. The van der Waals surface area contributed by atoms with Gasteiger partial charge in [-0.1, -0.05) is 19.9 Å². The number of rotatable bonds is 2. The fourth-order valence-corrected chi connectivity index (χ4v) is 1.81. The number of hydrogen-bond acceptors (Lipinski definition) is 2. The van der Waals surface area contributed by atoms with Crippen LogP contribution in [-0.4, -0.2) is 12.1 Å². The van der Waals surface area contributed by atoms with Gasteiger partial charge in [-0.2, -0.15) is 0 Å². The molecule has 0 spiro atoms. The molecule has 2 rings (SSSR count). The van der Waals surface area contributed by atoms with E-state index in [9.17, 15) is 0 Å². The van der Waals surface area contributed by atoms with Crippen LogP contribution in [0.3, 0.4) is 0 Å². The molecular formula is C13H15NO. The highest BCUT2D eigenvalue weighted by Gasteiger charge is 2.09. The van der Waals surface area contributed by atoms with Gasteiger partial charge in [-0.05, 0) is 29.7 Å². The van der Waals surface area contributed by atoms with E-state index in [0.717, 1.165) is 16.7 Å². The summed E-state index contributed by atoms with van der Waals surface area (Å²) in [5, 5.41) is 1.09. The molecule has 0 aliphatic carbocycles. The van der Waals surface area contributed by atoms with Crippen molar-refractivity contribution in [2.75, 3.05) is 7.11 Å². The maximum Gasteiger partial charge on any atom is 0.128 e. The first kappa shape index (κ1) is 9.97. The summed E-state index contributed by atoms with van der Waals surface area (Å²) in [7, 11) is 1.69. The summed E-state index contributed by atoms with van der Waals surface area (Å²) in [4.78, 5) is 4.43. The zero-order valence-corrected chi connectivity index (χ0v) is 9.32. The number of aromatic nitrogens is 1. The largest absolute Gasteiger partial charge is 0.496 e. The highest BCUT2D eigenvalue weighted by molar-refractivity contribution is 5.88. The highest BCUT2D eigenvalue weighted by atomic mass is 16.5. The minimum Gasteiger partial charge on any atom is -0.496 e. The molecule has 2 nitrogen and oxygen atoms in total. The molecular weight excluding hydrogens is 186 g/mol. The average Bonchev–Trinajstić information content (AvgIpc) is 2.27. The molecule has 1 aromatic carbocycles. The van der Waals surface area contributed by atoms with Gasteiger partial charge in [0.2, 0.25) is 0 Å². The minimum absolute atomic E-state index is 0.480. The summed E-state index contributed by atoms with van der Waals surface area (Å²) in [5.74, 6) is 1.37. The fourth-order valence-electron chi connectivity index (χ4n) is 1.81. The SMILES string of the molecule is COc1ccc(C(C)C)c2ncccc12. The summed E-state index contributed by atoms with van der Waals surface area (Å²) < 4.78 is 5.32. The normalized spacial score (nSPS) is 10.9. The van der Waals surface area contributed by atoms with Gasteiger partial charge in [0.1, 0.15) is 5.75 Å². The minimum atomic E-state index is 0.480. The molecule has 1 heterocycles. The van der Waals surface area contributed by atoms with Crippen LogP contribution in [-0.2, 0) is 0 Å². The van der Waals surface area contributed by atoms with Crippen molar-refractivity contribution in [2.45, 2.75) is 19.8 Å². The van der Waals surface area contributed by atoms with Crippen molar-refractivity contribution in [1.82, 2.24) is 4.98 Å². The third kappa shape index (κ3) is 1.67. The van der Waals surface area contributed by atoms with E-state index in [4.69, 9.17) is 4.74 Å². The number of pyridine rings is 1. The van der Waals surface area contributed by atoms with E-state index in [2.05, 4.69) is 24.9 Å². The van der Waals surface area contributed by atoms with E-state index < -0.39 is 0 Å².